The van der Waals surface area contributed by atoms with Gasteiger partial charge >= 0.3 is 0 Å². The molecule has 1 aliphatic rings. The van der Waals surface area contributed by atoms with Crippen LogP contribution in [0.2, 0.25) is 0 Å². The van der Waals surface area contributed by atoms with E-state index in [1.807, 2.05) is 6.33 Å². The number of fused-ring (bicyclic) bond motifs is 1. The van der Waals surface area contributed by atoms with Crippen molar-refractivity contribution in [1.82, 2.24) is 19.7 Å². The van der Waals surface area contributed by atoms with Gasteiger partial charge in [0.1, 0.15) is 12.2 Å². The largest absolute Gasteiger partial charge is 0.324 e. The van der Waals surface area contributed by atoms with E-state index in [9.17, 15) is 0 Å². The van der Waals surface area contributed by atoms with Crippen LogP contribution >= 0.6 is 0 Å². The predicted octanol–water partition coefficient (Wildman–Crippen LogP) is 1.49. The first-order valence-electron chi connectivity index (χ1n) is 7.14. The molecule has 1 atom stereocenters. The van der Waals surface area contributed by atoms with Gasteiger partial charge in [-0.3, -0.25) is 4.90 Å². The fourth-order valence-corrected chi connectivity index (χ4v) is 2.79. The highest BCUT2D eigenvalue weighted by Gasteiger charge is 2.18. The summed E-state index contributed by atoms with van der Waals surface area (Å²) in [5, 5.41) is 8.10. The Balaban J connectivity index is 1.57. The molecule has 2 aromatic rings. The van der Waals surface area contributed by atoms with Crippen LogP contribution in [0.5, 0.6) is 0 Å². The van der Waals surface area contributed by atoms with Crippen molar-refractivity contribution in [3.63, 3.8) is 0 Å². The summed E-state index contributed by atoms with van der Waals surface area (Å²) in [5.41, 5.74) is 8.86. The van der Waals surface area contributed by atoms with Gasteiger partial charge in [-0.25, -0.2) is 0 Å². The molecule has 0 saturated carbocycles. The monoisotopic (exact) mass is 271 g/mol. The van der Waals surface area contributed by atoms with Gasteiger partial charge in [0, 0.05) is 25.7 Å². The van der Waals surface area contributed by atoms with E-state index < -0.39 is 0 Å². The summed E-state index contributed by atoms with van der Waals surface area (Å²) in [6.45, 7) is 6.02. The van der Waals surface area contributed by atoms with Crippen molar-refractivity contribution in [2.75, 3.05) is 13.1 Å². The normalized spacial score (nSPS) is 16.9. The lowest BCUT2D eigenvalue weighted by molar-refractivity contribution is 0.209. The van der Waals surface area contributed by atoms with Crippen LogP contribution in [0, 0.1) is 6.92 Å². The Hall–Kier alpha value is -1.72. The molecule has 1 aromatic heterocycles. The molecule has 0 spiro atoms. The lowest BCUT2D eigenvalue weighted by Gasteiger charge is -2.28. The first-order valence-corrected chi connectivity index (χ1v) is 7.14. The highest BCUT2D eigenvalue weighted by molar-refractivity contribution is 5.28. The Labute approximate surface area is 119 Å². The Kier molecular flexibility index (Phi) is 3.80. The Morgan fingerprint density at radius 3 is 3.00 bits per heavy atom. The van der Waals surface area contributed by atoms with Crippen LogP contribution in [-0.2, 0) is 13.1 Å². The first-order chi connectivity index (χ1) is 9.74. The number of nitrogens with two attached hydrogens (primary N) is 1. The van der Waals surface area contributed by atoms with Crippen LogP contribution in [0.1, 0.15) is 29.4 Å². The van der Waals surface area contributed by atoms with Crippen molar-refractivity contribution in [1.29, 1.82) is 0 Å². The van der Waals surface area contributed by atoms with Crippen molar-refractivity contribution < 1.29 is 0 Å². The lowest BCUT2D eigenvalue weighted by atomic mass is 9.99. The second kappa shape index (κ2) is 5.73. The van der Waals surface area contributed by atoms with Gasteiger partial charge in [-0.15, -0.1) is 10.2 Å². The molecule has 2 N–H and O–H groups in total. The zero-order chi connectivity index (χ0) is 13.9. The molecule has 0 saturated heterocycles. The third-order valence-electron chi connectivity index (χ3n) is 4.06. The van der Waals surface area contributed by atoms with Crippen molar-refractivity contribution >= 4 is 0 Å². The zero-order valence-corrected chi connectivity index (χ0v) is 11.9. The Morgan fingerprint density at radius 1 is 1.30 bits per heavy atom. The van der Waals surface area contributed by atoms with Crippen LogP contribution < -0.4 is 5.73 Å². The third kappa shape index (κ3) is 2.73. The molecule has 1 aliphatic heterocycles. The van der Waals surface area contributed by atoms with Gasteiger partial charge in [0.05, 0.1) is 6.54 Å². The van der Waals surface area contributed by atoms with E-state index in [-0.39, 0.29) is 6.04 Å². The molecule has 1 unspecified atom stereocenters. The van der Waals surface area contributed by atoms with Crippen molar-refractivity contribution in [3.8, 4) is 0 Å². The molecule has 1 aromatic carbocycles. The van der Waals surface area contributed by atoms with Gasteiger partial charge in [-0.2, -0.15) is 0 Å². The Bertz CT molecular complexity index is 577. The second-order valence-electron chi connectivity index (χ2n) is 5.47. The zero-order valence-electron chi connectivity index (χ0n) is 11.9. The van der Waals surface area contributed by atoms with Gasteiger partial charge in [-0.1, -0.05) is 24.3 Å². The molecule has 0 radical (unpaired) electrons. The van der Waals surface area contributed by atoms with Gasteiger partial charge in [0.25, 0.3) is 0 Å². The van der Waals surface area contributed by atoms with Crippen molar-refractivity contribution in [2.24, 2.45) is 5.73 Å². The number of hydrogen-bond acceptors (Lipinski definition) is 4. The summed E-state index contributed by atoms with van der Waals surface area (Å²) in [7, 11) is 0. The number of nitrogens with zero attached hydrogens (tertiary/aromatic N) is 4. The van der Waals surface area contributed by atoms with Gasteiger partial charge < -0.3 is 10.3 Å². The van der Waals surface area contributed by atoms with Crippen molar-refractivity contribution in [2.45, 2.75) is 32.5 Å². The number of benzene rings is 1. The van der Waals surface area contributed by atoms with Crippen LogP contribution in [0.15, 0.2) is 30.6 Å². The number of hydrogen-bond donors (Lipinski definition) is 1. The van der Waals surface area contributed by atoms with Crippen LogP contribution in [0.3, 0.4) is 0 Å². The maximum atomic E-state index is 6.33. The topological polar surface area (TPSA) is 60.0 Å². The summed E-state index contributed by atoms with van der Waals surface area (Å²) in [5.74, 6) is 1.06. The highest BCUT2D eigenvalue weighted by atomic mass is 15.3. The average Bonchev–Trinajstić information content (AvgIpc) is 2.92. The van der Waals surface area contributed by atoms with E-state index in [2.05, 4.69) is 50.9 Å². The summed E-state index contributed by atoms with van der Waals surface area (Å²) in [6, 6.07) is 8.48. The molecule has 2 heterocycles. The summed E-state index contributed by atoms with van der Waals surface area (Å²) in [6.07, 6.45) is 2.78. The lowest BCUT2D eigenvalue weighted by Crippen LogP contribution is -2.35. The molecule has 5 nitrogen and oxygen atoms in total. The summed E-state index contributed by atoms with van der Waals surface area (Å²) < 4.78 is 2.12. The van der Waals surface area contributed by atoms with Crippen LogP contribution in [0.4, 0.5) is 0 Å². The van der Waals surface area contributed by atoms with E-state index in [1.54, 1.807) is 0 Å². The van der Waals surface area contributed by atoms with Gasteiger partial charge in [0.15, 0.2) is 0 Å². The number of aryl methyl sites for hydroxylation is 1. The van der Waals surface area contributed by atoms with Gasteiger partial charge in [-0.05, 0) is 24.5 Å². The fourth-order valence-electron chi connectivity index (χ4n) is 2.79. The number of rotatable bonds is 4. The van der Waals surface area contributed by atoms with E-state index in [4.69, 9.17) is 5.73 Å². The minimum Gasteiger partial charge on any atom is -0.324 e. The SMILES string of the molecule is Cc1ccccc1C(N)CCN1CCn2cnnc2C1. The molecule has 0 amide bonds. The van der Waals surface area contributed by atoms with E-state index in [1.165, 1.54) is 11.1 Å². The van der Waals surface area contributed by atoms with E-state index in [0.717, 1.165) is 38.4 Å². The third-order valence-corrected chi connectivity index (χ3v) is 4.06. The van der Waals surface area contributed by atoms with Gasteiger partial charge in [0.2, 0.25) is 0 Å². The highest BCUT2D eigenvalue weighted by Crippen LogP contribution is 2.19. The molecule has 20 heavy (non-hydrogen) atoms. The van der Waals surface area contributed by atoms with E-state index >= 15 is 0 Å². The smallest absolute Gasteiger partial charge is 0.147 e. The summed E-state index contributed by atoms with van der Waals surface area (Å²) in [4.78, 5) is 2.40. The average molecular weight is 271 g/mol. The van der Waals surface area contributed by atoms with Crippen LogP contribution in [-0.4, -0.2) is 32.8 Å². The molecule has 3 rings (SSSR count). The maximum Gasteiger partial charge on any atom is 0.147 e. The first kappa shape index (κ1) is 13.3. The molecule has 0 bridgehead atoms. The Morgan fingerprint density at radius 2 is 2.15 bits per heavy atom. The van der Waals surface area contributed by atoms with Crippen molar-refractivity contribution in [3.05, 3.63) is 47.5 Å². The molecule has 0 fully saturated rings. The quantitative estimate of drug-likeness (QED) is 0.915. The van der Waals surface area contributed by atoms with E-state index in [0.29, 0.717) is 0 Å². The molecule has 5 heteroatoms. The number of aromatic nitrogens is 3. The second-order valence-corrected chi connectivity index (χ2v) is 5.47. The molecule has 0 aliphatic carbocycles. The molecular weight excluding hydrogens is 250 g/mol. The summed E-state index contributed by atoms with van der Waals surface area (Å²) >= 11 is 0. The molecule has 106 valence electrons. The maximum absolute atomic E-state index is 6.33. The predicted molar refractivity (Wildman–Crippen MR) is 78.0 cm³/mol. The standard InChI is InChI=1S/C15H21N5/c1-12-4-2-3-5-13(12)14(16)6-7-19-8-9-20-11-17-18-15(20)10-19/h2-5,11,14H,6-10,16H2,1H3. The minimum absolute atomic E-state index is 0.107. The molecular formula is C15H21N5. The minimum atomic E-state index is 0.107. The fraction of sp³-hybridized carbons (Fsp3) is 0.467. The van der Waals surface area contributed by atoms with Crippen LogP contribution in [0.25, 0.3) is 0 Å².